The summed E-state index contributed by atoms with van der Waals surface area (Å²) in [6.07, 6.45) is 5.21. The lowest BCUT2D eigenvalue weighted by Crippen LogP contribution is -2.50. The fourth-order valence-electron chi connectivity index (χ4n) is 2.87. The summed E-state index contributed by atoms with van der Waals surface area (Å²) in [6, 6.07) is 4.84. The second-order valence-corrected chi connectivity index (χ2v) is 6.75. The van der Waals surface area contributed by atoms with Gasteiger partial charge >= 0.3 is 0 Å². The molecule has 114 valence electrons. The van der Waals surface area contributed by atoms with Crippen molar-refractivity contribution in [3.63, 3.8) is 0 Å². The summed E-state index contributed by atoms with van der Waals surface area (Å²) in [7, 11) is 0. The average Bonchev–Trinajstić information content (AvgIpc) is 3.20. The third-order valence-electron chi connectivity index (χ3n) is 4.55. The number of nitrogens with zero attached hydrogens (tertiary/aromatic N) is 1. The lowest BCUT2D eigenvalue weighted by Gasteiger charge is -2.39. The Kier molecular flexibility index (Phi) is 3.93. The van der Waals surface area contributed by atoms with Crippen LogP contribution < -0.4 is 5.73 Å². The van der Waals surface area contributed by atoms with Crippen LogP contribution in [0.15, 0.2) is 18.2 Å². The Bertz CT molecular complexity index is 535. The molecule has 2 aliphatic rings. The van der Waals surface area contributed by atoms with Gasteiger partial charge in [0.2, 0.25) is 5.91 Å². The average molecular weight is 311 g/mol. The van der Waals surface area contributed by atoms with E-state index in [1.807, 2.05) is 0 Å². The van der Waals surface area contributed by atoms with Gasteiger partial charge in [-0.05, 0) is 44.2 Å². The van der Waals surface area contributed by atoms with Crippen LogP contribution in [-0.4, -0.2) is 22.4 Å². The number of amides is 1. The molecule has 2 saturated carbocycles. The second-order valence-electron chi connectivity index (χ2n) is 6.35. The Morgan fingerprint density at radius 1 is 1.43 bits per heavy atom. The van der Waals surface area contributed by atoms with Gasteiger partial charge in [-0.15, -0.1) is 0 Å². The zero-order chi connectivity index (χ0) is 15.0. The van der Waals surface area contributed by atoms with Gasteiger partial charge in [-0.25, -0.2) is 4.39 Å². The first kappa shape index (κ1) is 14.8. The van der Waals surface area contributed by atoms with Crippen LogP contribution in [0.2, 0.25) is 5.02 Å². The topological polar surface area (TPSA) is 46.3 Å². The van der Waals surface area contributed by atoms with E-state index in [2.05, 4.69) is 0 Å². The van der Waals surface area contributed by atoms with Gasteiger partial charge in [0, 0.05) is 28.6 Å². The molecule has 5 heteroatoms. The van der Waals surface area contributed by atoms with Gasteiger partial charge in [0.05, 0.1) is 6.54 Å². The molecule has 0 radical (unpaired) electrons. The zero-order valence-corrected chi connectivity index (χ0v) is 12.7. The summed E-state index contributed by atoms with van der Waals surface area (Å²) in [4.78, 5) is 14.3. The summed E-state index contributed by atoms with van der Waals surface area (Å²) in [5, 5.41) is 0.375. The fourth-order valence-corrected chi connectivity index (χ4v) is 3.09. The molecule has 1 aromatic rings. The van der Waals surface area contributed by atoms with Crippen LogP contribution in [0.25, 0.3) is 0 Å². The molecule has 0 atom stereocenters. The molecule has 1 amide bonds. The van der Waals surface area contributed by atoms with Gasteiger partial charge in [-0.1, -0.05) is 17.7 Å². The van der Waals surface area contributed by atoms with E-state index in [0.717, 1.165) is 32.1 Å². The van der Waals surface area contributed by atoms with Gasteiger partial charge in [0.15, 0.2) is 0 Å². The van der Waals surface area contributed by atoms with Crippen molar-refractivity contribution in [2.24, 2.45) is 5.73 Å². The van der Waals surface area contributed by atoms with Crippen LogP contribution in [0, 0.1) is 5.82 Å². The van der Waals surface area contributed by atoms with Crippen LogP contribution in [0.3, 0.4) is 0 Å². The van der Waals surface area contributed by atoms with Crippen LogP contribution >= 0.6 is 11.6 Å². The number of hydrogen-bond donors (Lipinski definition) is 1. The molecule has 0 bridgehead atoms. The Hall–Kier alpha value is -1.13. The Balaban J connectivity index is 1.74. The van der Waals surface area contributed by atoms with E-state index in [1.165, 1.54) is 6.07 Å². The largest absolute Gasteiger partial charge is 0.335 e. The lowest BCUT2D eigenvalue weighted by molar-refractivity contribution is -0.134. The van der Waals surface area contributed by atoms with E-state index < -0.39 is 0 Å². The smallest absolute Gasteiger partial charge is 0.224 e. The maximum absolute atomic E-state index is 13.9. The molecule has 21 heavy (non-hydrogen) atoms. The summed E-state index contributed by atoms with van der Waals surface area (Å²) in [5.41, 5.74) is 6.23. The summed E-state index contributed by atoms with van der Waals surface area (Å²) in [5.74, 6) is -0.328. The maximum atomic E-state index is 13.9. The molecule has 0 aromatic heterocycles. The first-order valence-corrected chi connectivity index (χ1v) is 7.88. The highest BCUT2D eigenvalue weighted by atomic mass is 35.5. The minimum absolute atomic E-state index is 0.0269. The van der Waals surface area contributed by atoms with Crippen LogP contribution in [0.4, 0.5) is 4.39 Å². The molecule has 3 nitrogen and oxygen atoms in total. The molecule has 3 rings (SSSR count). The van der Waals surface area contributed by atoms with E-state index in [9.17, 15) is 9.18 Å². The molecule has 0 spiro atoms. The highest BCUT2D eigenvalue weighted by Crippen LogP contribution is 2.36. The molecule has 2 fully saturated rings. The first-order valence-electron chi connectivity index (χ1n) is 7.50. The molecular weight excluding hydrogens is 291 g/mol. The molecule has 0 aliphatic heterocycles. The number of carbonyl (C=O) groups is 1. The third-order valence-corrected chi connectivity index (χ3v) is 4.90. The highest BCUT2D eigenvalue weighted by Gasteiger charge is 2.39. The van der Waals surface area contributed by atoms with Crippen LogP contribution in [-0.2, 0) is 11.3 Å². The fraction of sp³-hybridized carbons (Fsp3) is 0.562. The third kappa shape index (κ3) is 3.22. The van der Waals surface area contributed by atoms with Crippen molar-refractivity contribution in [2.45, 2.75) is 56.7 Å². The van der Waals surface area contributed by atoms with E-state index >= 15 is 0 Å². The van der Waals surface area contributed by atoms with Gasteiger partial charge < -0.3 is 10.6 Å². The molecule has 0 heterocycles. The predicted molar refractivity (Wildman–Crippen MR) is 80.4 cm³/mol. The van der Waals surface area contributed by atoms with E-state index in [-0.39, 0.29) is 29.8 Å². The minimum Gasteiger partial charge on any atom is -0.335 e. The van der Waals surface area contributed by atoms with Crippen molar-refractivity contribution in [3.8, 4) is 0 Å². The quantitative estimate of drug-likeness (QED) is 0.907. The van der Waals surface area contributed by atoms with Crippen LogP contribution in [0.1, 0.15) is 44.1 Å². The number of halogens is 2. The highest BCUT2D eigenvalue weighted by molar-refractivity contribution is 6.31. The SMILES string of the molecule is NC1(CC(=O)N(Cc2c(F)cccc2Cl)C2CC2)CCC1. The molecule has 0 saturated heterocycles. The van der Waals surface area contributed by atoms with E-state index in [1.54, 1.807) is 17.0 Å². The summed E-state index contributed by atoms with van der Waals surface area (Å²) >= 11 is 6.07. The minimum atomic E-state index is -0.355. The van der Waals surface area contributed by atoms with Crippen molar-refractivity contribution in [2.75, 3.05) is 0 Å². The van der Waals surface area contributed by atoms with E-state index in [0.29, 0.717) is 17.0 Å². The Labute approximate surface area is 129 Å². The number of rotatable bonds is 5. The Morgan fingerprint density at radius 3 is 2.67 bits per heavy atom. The first-order chi connectivity index (χ1) is 9.98. The summed E-state index contributed by atoms with van der Waals surface area (Å²) < 4.78 is 13.9. The van der Waals surface area contributed by atoms with Crippen molar-refractivity contribution in [1.82, 2.24) is 4.90 Å². The van der Waals surface area contributed by atoms with E-state index in [4.69, 9.17) is 17.3 Å². The number of carbonyl (C=O) groups excluding carboxylic acids is 1. The molecule has 0 unspecified atom stereocenters. The van der Waals surface area contributed by atoms with Crippen molar-refractivity contribution in [1.29, 1.82) is 0 Å². The van der Waals surface area contributed by atoms with Crippen molar-refractivity contribution in [3.05, 3.63) is 34.6 Å². The van der Waals surface area contributed by atoms with Crippen LogP contribution in [0.5, 0.6) is 0 Å². The lowest BCUT2D eigenvalue weighted by atomic mass is 9.75. The molecule has 1 aromatic carbocycles. The predicted octanol–water partition coefficient (Wildman–Crippen LogP) is 3.24. The molecular formula is C16H20ClFN2O. The zero-order valence-electron chi connectivity index (χ0n) is 11.9. The molecule has 2 N–H and O–H groups in total. The summed E-state index contributed by atoms with van der Waals surface area (Å²) in [6.45, 7) is 0.241. The number of hydrogen-bond acceptors (Lipinski definition) is 2. The van der Waals surface area contributed by atoms with Gasteiger partial charge in [0.25, 0.3) is 0 Å². The standard InChI is InChI=1S/C16H20ClFN2O/c17-13-3-1-4-14(18)12(13)10-20(11-5-6-11)15(21)9-16(19)7-2-8-16/h1,3-4,11H,2,5-10,19H2. The normalized spacial score (nSPS) is 20.0. The monoisotopic (exact) mass is 310 g/mol. The van der Waals surface area contributed by atoms with Gasteiger partial charge in [-0.2, -0.15) is 0 Å². The van der Waals surface area contributed by atoms with Gasteiger partial charge in [0.1, 0.15) is 5.82 Å². The number of benzene rings is 1. The Morgan fingerprint density at radius 2 is 2.14 bits per heavy atom. The maximum Gasteiger partial charge on any atom is 0.224 e. The van der Waals surface area contributed by atoms with Gasteiger partial charge in [-0.3, -0.25) is 4.79 Å². The second kappa shape index (κ2) is 5.58. The number of nitrogens with two attached hydrogens (primary N) is 1. The van der Waals surface area contributed by atoms with Crippen molar-refractivity contribution >= 4 is 17.5 Å². The van der Waals surface area contributed by atoms with Crippen molar-refractivity contribution < 1.29 is 9.18 Å². The molecule has 2 aliphatic carbocycles.